The highest BCUT2D eigenvalue weighted by atomic mass is 32.2. The highest BCUT2D eigenvalue weighted by Crippen LogP contribution is 2.28. The molecule has 5 nitrogen and oxygen atoms in total. The van der Waals surface area contributed by atoms with E-state index in [1.165, 1.54) is 24.3 Å². The topological polar surface area (TPSA) is 75.3 Å². The molecule has 32 heavy (non-hydrogen) atoms. The molecule has 0 heterocycles. The maximum Gasteiger partial charge on any atom is 0.262 e. The molecule has 0 aliphatic carbocycles. The van der Waals surface area contributed by atoms with Crippen LogP contribution < -0.4 is 10.0 Å². The van der Waals surface area contributed by atoms with E-state index in [-0.39, 0.29) is 27.2 Å². The summed E-state index contributed by atoms with van der Waals surface area (Å²) in [4.78, 5) is 12.5. The van der Waals surface area contributed by atoms with E-state index in [0.717, 1.165) is 17.7 Å². The summed E-state index contributed by atoms with van der Waals surface area (Å²) in [6.45, 7) is 7.73. The molecule has 0 bridgehead atoms. The Hall–Kier alpha value is -3.26. The normalized spacial score (nSPS) is 11.8. The van der Waals surface area contributed by atoms with E-state index in [0.29, 0.717) is 11.6 Å². The summed E-state index contributed by atoms with van der Waals surface area (Å²) in [5.74, 6) is -2.25. The lowest BCUT2D eigenvalue weighted by molar-refractivity contribution is 0.102. The second-order valence-electron chi connectivity index (χ2n) is 8.49. The zero-order valence-electron chi connectivity index (χ0n) is 18.2. The third-order valence-corrected chi connectivity index (χ3v) is 6.45. The maximum atomic E-state index is 13.7. The number of hydrogen-bond acceptors (Lipinski definition) is 3. The van der Waals surface area contributed by atoms with E-state index in [1.54, 1.807) is 19.1 Å². The smallest absolute Gasteiger partial charge is 0.262 e. The fourth-order valence-corrected chi connectivity index (χ4v) is 4.37. The molecule has 0 unspecified atom stereocenters. The molecule has 3 aromatic carbocycles. The van der Waals surface area contributed by atoms with Crippen molar-refractivity contribution in [3.05, 3.63) is 89.0 Å². The van der Waals surface area contributed by atoms with E-state index in [9.17, 15) is 22.0 Å². The van der Waals surface area contributed by atoms with Crippen LogP contribution in [0.1, 0.15) is 42.3 Å². The van der Waals surface area contributed by atoms with Crippen LogP contribution in [0.4, 0.5) is 20.2 Å². The second-order valence-corrected chi connectivity index (χ2v) is 10.1. The lowest BCUT2D eigenvalue weighted by Gasteiger charge is -2.21. The molecule has 0 saturated carbocycles. The molecular weight excluding hydrogens is 434 g/mol. The first-order valence-corrected chi connectivity index (χ1v) is 11.4. The Morgan fingerprint density at radius 2 is 1.56 bits per heavy atom. The summed E-state index contributed by atoms with van der Waals surface area (Å²) in [6, 6.07) is 13.9. The van der Waals surface area contributed by atoms with E-state index in [4.69, 9.17) is 0 Å². The molecule has 0 fully saturated rings. The van der Waals surface area contributed by atoms with Crippen molar-refractivity contribution in [1.29, 1.82) is 0 Å². The molecule has 0 spiro atoms. The lowest BCUT2D eigenvalue weighted by atomic mass is 9.87. The molecule has 0 saturated heterocycles. The Bertz CT molecular complexity index is 1270. The largest absolute Gasteiger partial charge is 0.319 e. The standard InChI is InChI=1S/C24H24F2N2O3S/c1-15-5-8-17(24(2,3)4)13-22(15)32(30,31)28-19-10-6-16(7-11-19)23(29)27-21-12-9-18(25)14-20(21)26/h5-14,28H,1-4H3,(H,27,29). The summed E-state index contributed by atoms with van der Waals surface area (Å²) in [6.07, 6.45) is 0. The first-order valence-electron chi connectivity index (χ1n) is 9.87. The number of halogens is 2. The molecular formula is C24H24F2N2O3S. The van der Waals surface area contributed by atoms with Crippen molar-refractivity contribution in [3.63, 3.8) is 0 Å². The fraction of sp³-hybridized carbons (Fsp3) is 0.208. The summed E-state index contributed by atoms with van der Waals surface area (Å²) in [7, 11) is -3.85. The Morgan fingerprint density at radius 3 is 2.16 bits per heavy atom. The molecule has 3 aromatic rings. The van der Waals surface area contributed by atoms with Crippen LogP contribution in [0.3, 0.4) is 0 Å². The fourth-order valence-electron chi connectivity index (χ4n) is 3.04. The summed E-state index contributed by atoms with van der Waals surface area (Å²) < 4.78 is 55.2. The van der Waals surface area contributed by atoms with Gasteiger partial charge in [-0.3, -0.25) is 9.52 Å². The van der Waals surface area contributed by atoms with Gasteiger partial charge in [-0.2, -0.15) is 0 Å². The SMILES string of the molecule is Cc1ccc(C(C)(C)C)cc1S(=O)(=O)Nc1ccc(C(=O)Nc2ccc(F)cc2F)cc1. The number of carbonyl (C=O) groups excluding carboxylic acids is 1. The summed E-state index contributed by atoms with van der Waals surface area (Å²) in [5.41, 5.74) is 1.59. The first-order chi connectivity index (χ1) is 14.9. The van der Waals surface area contributed by atoms with Crippen LogP contribution in [0.25, 0.3) is 0 Å². The van der Waals surface area contributed by atoms with Crippen molar-refractivity contribution >= 4 is 27.3 Å². The number of amides is 1. The van der Waals surface area contributed by atoms with Gasteiger partial charge in [0.1, 0.15) is 11.6 Å². The summed E-state index contributed by atoms with van der Waals surface area (Å²) in [5, 5.41) is 2.36. The van der Waals surface area contributed by atoms with Crippen molar-refractivity contribution < 1.29 is 22.0 Å². The van der Waals surface area contributed by atoms with Gasteiger partial charge in [-0.05, 0) is 65.9 Å². The van der Waals surface area contributed by atoms with Crippen LogP contribution >= 0.6 is 0 Å². The molecule has 3 rings (SSSR count). The van der Waals surface area contributed by atoms with Gasteiger partial charge >= 0.3 is 0 Å². The number of benzene rings is 3. The predicted molar refractivity (Wildman–Crippen MR) is 121 cm³/mol. The minimum absolute atomic E-state index is 0.157. The van der Waals surface area contributed by atoms with Gasteiger partial charge in [-0.15, -0.1) is 0 Å². The van der Waals surface area contributed by atoms with Gasteiger partial charge in [0.2, 0.25) is 0 Å². The molecule has 0 aliphatic heterocycles. The third-order valence-electron chi connectivity index (χ3n) is 4.92. The average Bonchev–Trinajstić information content (AvgIpc) is 2.69. The predicted octanol–water partition coefficient (Wildman–Crippen LogP) is 5.62. The molecule has 0 aliphatic rings. The molecule has 0 aromatic heterocycles. The van der Waals surface area contributed by atoms with Crippen molar-refractivity contribution in [3.8, 4) is 0 Å². The monoisotopic (exact) mass is 458 g/mol. The minimum atomic E-state index is -3.85. The van der Waals surface area contributed by atoms with Crippen LogP contribution in [0.15, 0.2) is 65.6 Å². The third kappa shape index (κ3) is 5.31. The van der Waals surface area contributed by atoms with Crippen molar-refractivity contribution in [2.24, 2.45) is 0 Å². The average molecular weight is 459 g/mol. The Kier molecular flexibility index (Phi) is 6.37. The van der Waals surface area contributed by atoms with Crippen molar-refractivity contribution in [2.45, 2.75) is 38.0 Å². The van der Waals surface area contributed by atoms with Crippen LogP contribution in [-0.2, 0) is 15.4 Å². The van der Waals surface area contributed by atoms with Gasteiger partial charge in [0, 0.05) is 17.3 Å². The zero-order chi connectivity index (χ0) is 23.7. The first kappa shape index (κ1) is 23.4. The number of sulfonamides is 1. The van der Waals surface area contributed by atoms with Gasteiger partial charge in [-0.25, -0.2) is 17.2 Å². The van der Waals surface area contributed by atoms with Crippen LogP contribution in [-0.4, -0.2) is 14.3 Å². The van der Waals surface area contributed by atoms with Crippen molar-refractivity contribution in [2.75, 3.05) is 10.0 Å². The number of hydrogen-bond donors (Lipinski definition) is 2. The number of rotatable bonds is 5. The Morgan fingerprint density at radius 1 is 0.906 bits per heavy atom. The van der Waals surface area contributed by atoms with Crippen LogP contribution in [0.5, 0.6) is 0 Å². The van der Waals surface area contributed by atoms with Gasteiger partial charge in [0.15, 0.2) is 0 Å². The number of anilines is 2. The number of nitrogens with one attached hydrogen (secondary N) is 2. The molecule has 0 radical (unpaired) electrons. The molecule has 1 amide bonds. The number of aryl methyl sites for hydroxylation is 1. The van der Waals surface area contributed by atoms with Gasteiger partial charge in [0.05, 0.1) is 10.6 Å². The Labute approximate surface area is 186 Å². The van der Waals surface area contributed by atoms with Gasteiger partial charge < -0.3 is 5.32 Å². The molecule has 8 heteroatoms. The summed E-state index contributed by atoms with van der Waals surface area (Å²) >= 11 is 0. The zero-order valence-corrected chi connectivity index (χ0v) is 19.0. The number of carbonyl (C=O) groups is 1. The van der Waals surface area contributed by atoms with Crippen LogP contribution in [0, 0.1) is 18.6 Å². The maximum absolute atomic E-state index is 13.7. The highest BCUT2D eigenvalue weighted by Gasteiger charge is 2.22. The van der Waals surface area contributed by atoms with Crippen LogP contribution in [0.2, 0.25) is 0 Å². The quantitative estimate of drug-likeness (QED) is 0.521. The van der Waals surface area contributed by atoms with E-state index >= 15 is 0 Å². The highest BCUT2D eigenvalue weighted by molar-refractivity contribution is 7.92. The van der Waals surface area contributed by atoms with Gasteiger partial charge in [-0.1, -0.05) is 32.9 Å². The lowest BCUT2D eigenvalue weighted by Crippen LogP contribution is -2.17. The molecule has 0 atom stereocenters. The minimum Gasteiger partial charge on any atom is -0.319 e. The molecule has 2 N–H and O–H groups in total. The van der Waals surface area contributed by atoms with Gasteiger partial charge in [0.25, 0.3) is 15.9 Å². The second kappa shape index (κ2) is 8.70. The van der Waals surface area contributed by atoms with E-state index < -0.39 is 27.6 Å². The van der Waals surface area contributed by atoms with E-state index in [1.807, 2.05) is 26.8 Å². The van der Waals surface area contributed by atoms with E-state index in [2.05, 4.69) is 10.0 Å². The molecule has 168 valence electrons. The van der Waals surface area contributed by atoms with Crippen molar-refractivity contribution in [1.82, 2.24) is 0 Å². The Balaban J connectivity index is 1.78.